The molecule has 2 rings (SSSR count). The van der Waals surface area contributed by atoms with Gasteiger partial charge in [0.15, 0.2) is 0 Å². The molecule has 1 saturated heterocycles. The van der Waals surface area contributed by atoms with Crippen LogP contribution in [0.25, 0.3) is 0 Å². The van der Waals surface area contributed by atoms with E-state index in [2.05, 4.69) is 10.3 Å². The molecular formula is C10H15N3O2. The van der Waals surface area contributed by atoms with E-state index in [1.165, 1.54) is 0 Å². The fourth-order valence-corrected chi connectivity index (χ4v) is 1.44. The van der Waals surface area contributed by atoms with Gasteiger partial charge < -0.3 is 20.5 Å². The third-order valence-corrected chi connectivity index (χ3v) is 2.24. The highest BCUT2D eigenvalue weighted by Crippen LogP contribution is 2.17. The lowest BCUT2D eigenvalue weighted by Crippen LogP contribution is -2.41. The number of hydrogen-bond donors (Lipinski definition) is 2. The molecule has 0 aromatic carbocycles. The summed E-state index contributed by atoms with van der Waals surface area (Å²) in [5.74, 6) is 0.703. The van der Waals surface area contributed by atoms with Gasteiger partial charge in [-0.15, -0.1) is 0 Å². The predicted octanol–water partition coefficient (Wildman–Crippen LogP) is -0.135. The second kappa shape index (κ2) is 5.06. The van der Waals surface area contributed by atoms with Crippen molar-refractivity contribution in [2.45, 2.75) is 12.8 Å². The van der Waals surface area contributed by atoms with Gasteiger partial charge in [-0.3, -0.25) is 4.98 Å². The molecule has 5 nitrogen and oxygen atoms in total. The van der Waals surface area contributed by atoms with Crippen molar-refractivity contribution in [3.8, 4) is 5.75 Å². The van der Waals surface area contributed by atoms with E-state index in [4.69, 9.17) is 15.2 Å². The first-order chi connectivity index (χ1) is 7.40. The van der Waals surface area contributed by atoms with Crippen molar-refractivity contribution in [1.29, 1.82) is 0 Å². The van der Waals surface area contributed by atoms with Crippen LogP contribution in [0.4, 0.5) is 0 Å². The van der Waals surface area contributed by atoms with Gasteiger partial charge in [-0.1, -0.05) is 0 Å². The quantitative estimate of drug-likeness (QED) is 0.725. The molecule has 1 aliphatic rings. The molecule has 2 heterocycles. The zero-order chi connectivity index (χ0) is 10.5. The Bertz CT molecular complexity index is 313. The van der Waals surface area contributed by atoms with Crippen LogP contribution in [0.2, 0.25) is 0 Å². The number of ether oxygens (including phenoxy) is 2. The Morgan fingerprint density at radius 1 is 1.67 bits per heavy atom. The Morgan fingerprint density at radius 2 is 2.60 bits per heavy atom. The van der Waals surface area contributed by atoms with Gasteiger partial charge in [-0.05, 0) is 6.07 Å². The van der Waals surface area contributed by atoms with Gasteiger partial charge in [-0.2, -0.15) is 0 Å². The molecular weight excluding hydrogens is 194 g/mol. The van der Waals surface area contributed by atoms with Gasteiger partial charge >= 0.3 is 0 Å². The molecule has 1 atom stereocenters. The summed E-state index contributed by atoms with van der Waals surface area (Å²) >= 11 is 0. The topological polar surface area (TPSA) is 69.4 Å². The van der Waals surface area contributed by atoms with Gasteiger partial charge in [-0.25, -0.2) is 0 Å². The van der Waals surface area contributed by atoms with Crippen LogP contribution in [0.3, 0.4) is 0 Å². The number of nitrogens with one attached hydrogen (secondary N) is 1. The normalized spacial score (nSPS) is 21.3. The summed E-state index contributed by atoms with van der Waals surface area (Å²) in [5, 5.41) is 3.19. The summed E-state index contributed by atoms with van der Waals surface area (Å²) in [6.07, 6.45) is 3.13. The van der Waals surface area contributed by atoms with Crippen molar-refractivity contribution in [3.05, 3.63) is 24.0 Å². The second-order valence-corrected chi connectivity index (χ2v) is 3.31. The SMILES string of the molecule is NCc1ccncc1O[C@@H]1CNCCO1. The first kappa shape index (κ1) is 10.4. The smallest absolute Gasteiger partial charge is 0.212 e. The third kappa shape index (κ3) is 2.65. The highest BCUT2D eigenvalue weighted by molar-refractivity contribution is 5.29. The lowest BCUT2D eigenvalue weighted by molar-refractivity contribution is -0.0951. The van der Waals surface area contributed by atoms with E-state index in [1.54, 1.807) is 12.4 Å². The van der Waals surface area contributed by atoms with Crippen molar-refractivity contribution in [3.63, 3.8) is 0 Å². The maximum Gasteiger partial charge on any atom is 0.212 e. The molecule has 0 radical (unpaired) electrons. The first-order valence-electron chi connectivity index (χ1n) is 5.02. The molecule has 1 fully saturated rings. The molecule has 0 saturated carbocycles. The summed E-state index contributed by atoms with van der Waals surface area (Å²) < 4.78 is 11.1. The van der Waals surface area contributed by atoms with E-state index in [-0.39, 0.29) is 6.29 Å². The lowest BCUT2D eigenvalue weighted by Gasteiger charge is -2.24. The molecule has 1 aromatic heterocycles. The molecule has 0 spiro atoms. The monoisotopic (exact) mass is 209 g/mol. The van der Waals surface area contributed by atoms with Crippen molar-refractivity contribution < 1.29 is 9.47 Å². The van der Waals surface area contributed by atoms with E-state index in [9.17, 15) is 0 Å². The largest absolute Gasteiger partial charge is 0.462 e. The third-order valence-electron chi connectivity index (χ3n) is 2.24. The maximum absolute atomic E-state index is 5.65. The summed E-state index contributed by atoms with van der Waals surface area (Å²) in [4.78, 5) is 4.00. The highest BCUT2D eigenvalue weighted by atomic mass is 16.7. The Morgan fingerprint density at radius 3 is 3.33 bits per heavy atom. The van der Waals surface area contributed by atoms with Gasteiger partial charge in [0, 0.05) is 24.8 Å². The van der Waals surface area contributed by atoms with Crippen LogP contribution in [-0.2, 0) is 11.3 Å². The summed E-state index contributed by atoms with van der Waals surface area (Å²) in [7, 11) is 0. The molecule has 0 unspecified atom stereocenters. The lowest BCUT2D eigenvalue weighted by atomic mass is 10.2. The van der Waals surface area contributed by atoms with Crippen LogP contribution in [-0.4, -0.2) is 31.0 Å². The number of nitrogens with zero attached hydrogens (tertiary/aromatic N) is 1. The maximum atomic E-state index is 5.65. The minimum Gasteiger partial charge on any atom is -0.462 e. The standard InChI is InChI=1S/C10H15N3O2/c11-5-8-1-2-12-6-9(8)15-10-7-13-3-4-14-10/h1-2,6,10,13H,3-5,7,11H2/t10-/m1/s1. The summed E-state index contributed by atoms with van der Waals surface area (Å²) in [5.41, 5.74) is 6.54. The Balaban J connectivity index is 2.02. The van der Waals surface area contributed by atoms with Crippen LogP contribution < -0.4 is 15.8 Å². The average molecular weight is 209 g/mol. The fraction of sp³-hybridized carbons (Fsp3) is 0.500. The molecule has 1 aromatic rings. The molecule has 82 valence electrons. The average Bonchev–Trinajstić information content (AvgIpc) is 2.31. The van der Waals surface area contributed by atoms with E-state index in [0.29, 0.717) is 25.4 Å². The molecule has 0 amide bonds. The zero-order valence-electron chi connectivity index (χ0n) is 8.48. The van der Waals surface area contributed by atoms with Crippen molar-refractivity contribution >= 4 is 0 Å². The number of hydrogen-bond acceptors (Lipinski definition) is 5. The Hall–Kier alpha value is -1.17. The molecule has 1 aliphatic heterocycles. The summed E-state index contributed by atoms with van der Waals surface area (Å²) in [6.45, 7) is 2.68. The minimum atomic E-state index is -0.242. The number of nitrogens with two attached hydrogens (primary N) is 1. The minimum absolute atomic E-state index is 0.242. The molecule has 0 aliphatic carbocycles. The first-order valence-corrected chi connectivity index (χ1v) is 5.02. The second-order valence-electron chi connectivity index (χ2n) is 3.31. The highest BCUT2D eigenvalue weighted by Gasteiger charge is 2.15. The van der Waals surface area contributed by atoms with Crippen LogP contribution >= 0.6 is 0 Å². The van der Waals surface area contributed by atoms with Crippen LogP contribution in [0.15, 0.2) is 18.5 Å². The van der Waals surface area contributed by atoms with Gasteiger partial charge in [0.25, 0.3) is 0 Å². The van der Waals surface area contributed by atoms with E-state index >= 15 is 0 Å². The van der Waals surface area contributed by atoms with E-state index in [0.717, 1.165) is 12.1 Å². The summed E-state index contributed by atoms with van der Waals surface area (Å²) in [6, 6.07) is 1.85. The van der Waals surface area contributed by atoms with Crippen LogP contribution in [0, 0.1) is 0 Å². The molecule has 15 heavy (non-hydrogen) atoms. The molecule has 5 heteroatoms. The van der Waals surface area contributed by atoms with Gasteiger partial charge in [0.1, 0.15) is 5.75 Å². The Labute approximate surface area is 88.6 Å². The number of pyridine rings is 1. The zero-order valence-corrected chi connectivity index (χ0v) is 8.48. The molecule has 3 N–H and O–H groups in total. The van der Waals surface area contributed by atoms with Crippen LogP contribution in [0.1, 0.15) is 5.56 Å². The predicted molar refractivity (Wildman–Crippen MR) is 55.4 cm³/mol. The molecule has 0 bridgehead atoms. The van der Waals surface area contributed by atoms with Crippen molar-refractivity contribution in [2.75, 3.05) is 19.7 Å². The Kier molecular flexibility index (Phi) is 3.49. The van der Waals surface area contributed by atoms with Crippen molar-refractivity contribution in [2.24, 2.45) is 5.73 Å². The van der Waals surface area contributed by atoms with E-state index in [1.807, 2.05) is 6.07 Å². The number of morpholine rings is 1. The number of aromatic nitrogens is 1. The van der Waals surface area contributed by atoms with E-state index < -0.39 is 0 Å². The number of rotatable bonds is 3. The van der Waals surface area contributed by atoms with Crippen molar-refractivity contribution in [1.82, 2.24) is 10.3 Å². The van der Waals surface area contributed by atoms with Crippen LogP contribution in [0.5, 0.6) is 5.75 Å². The fourth-order valence-electron chi connectivity index (χ4n) is 1.44. The van der Waals surface area contributed by atoms with Gasteiger partial charge in [0.05, 0.1) is 19.3 Å². The van der Waals surface area contributed by atoms with Gasteiger partial charge in [0.2, 0.25) is 6.29 Å².